The van der Waals surface area contributed by atoms with E-state index in [0.717, 1.165) is 49.0 Å². The number of amides is 6. The van der Waals surface area contributed by atoms with Crippen LogP contribution in [0.5, 0.6) is 5.75 Å². The second-order valence-corrected chi connectivity index (χ2v) is 23.3. The fourth-order valence-corrected chi connectivity index (χ4v) is 13.2. The number of hydrogen-bond acceptors (Lipinski definition) is 12. The van der Waals surface area contributed by atoms with Crippen LogP contribution in [0.15, 0.2) is 102 Å². The molecule has 16 nitrogen and oxygen atoms in total. The van der Waals surface area contributed by atoms with Crippen molar-refractivity contribution in [2.45, 2.75) is 123 Å². The summed E-state index contributed by atoms with van der Waals surface area (Å²) in [5.41, 5.74) is 10.4. The maximum atomic E-state index is 15.0. The van der Waals surface area contributed by atoms with Gasteiger partial charge in [0.25, 0.3) is 11.8 Å². The minimum Gasteiger partial charge on any atom is -0.488 e. The Kier molecular flexibility index (Phi) is 14.9. The molecule has 2 fully saturated rings. The van der Waals surface area contributed by atoms with Crippen LogP contribution >= 0.6 is 22.7 Å². The van der Waals surface area contributed by atoms with Gasteiger partial charge in [0.1, 0.15) is 35.5 Å². The van der Waals surface area contributed by atoms with E-state index in [0.29, 0.717) is 22.4 Å². The van der Waals surface area contributed by atoms with Crippen molar-refractivity contribution >= 4 is 58.1 Å². The predicted octanol–water partition coefficient (Wildman–Crippen LogP) is 7.54. The first-order chi connectivity index (χ1) is 36.9. The van der Waals surface area contributed by atoms with E-state index in [1.54, 1.807) is 63.7 Å². The van der Waals surface area contributed by atoms with Crippen LogP contribution in [0.3, 0.4) is 0 Å². The molecule has 4 aliphatic heterocycles. The molecule has 2 saturated heterocycles. The average molecular weight is 1080 g/mol. The molecule has 6 heterocycles. The molecule has 6 atom stereocenters. The molecular weight excluding hydrogens is 1010 g/mol. The zero-order valence-electron chi connectivity index (χ0n) is 44.3. The van der Waals surface area contributed by atoms with Gasteiger partial charge >= 0.3 is 0 Å². The topological polar surface area (TPSA) is 195 Å². The summed E-state index contributed by atoms with van der Waals surface area (Å²) in [5.74, 6) is -2.32. The van der Waals surface area contributed by atoms with Gasteiger partial charge in [-0.05, 0) is 90.3 Å². The number of thiazole rings is 2. The summed E-state index contributed by atoms with van der Waals surface area (Å²) in [5, 5.41) is 17.1. The number of benzene rings is 4. The van der Waals surface area contributed by atoms with Crippen molar-refractivity contribution in [3.8, 4) is 26.6 Å². The number of hydrogen-bond donors (Lipinski definition) is 3. The Morgan fingerprint density at radius 3 is 1.82 bits per heavy atom. The lowest BCUT2D eigenvalue weighted by Gasteiger charge is -2.39. The molecular formula is C59H64N8O8S2. The standard InChI is InChI=1S/C59H64N8O8S2/c1-33(2)49(65-27-41-10-8-9-11-46(41)54(65)70)56(72)64-30-45(23-48(64)53(69)60-25-37-12-16-39(17-13-37)51-35(5)62-31-76-51)75-44-20-21-47-42(22-44)28-66(55(47)71)50(34(3)4)57(73)67-29-43(68)24-59(67,7)58(74)61-26-38-14-18-40(19-15-38)52-36(6)63-32-77-52/h8-22,31-34,43,45,48-50,68H,23-30H2,1-7H3,(H,60,69)(H,61,74)/t43-,45-,48+,49+,50+,59?/m1/s1. The molecule has 0 aliphatic carbocycles. The quantitative estimate of drug-likeness (QED) is 0.0872. The lowest BCUT2D eigenvalue weighted by molar-refractivity contribution is -0.148. The van der Waals surface area contributed by atoms with Crippen molar-refractivity contribution in [3.63, 3.8) is 0 Å². The van der Waals surface area contributed by atoms with Gasteiger partial charge in [-0.2, -0.15) is 0 Å². The third-order valence-electron chi connectivity index (χ3n) is 15.6. The molecule has 77 heavy (non-hydrogen) atoms. The Balaban J connectivity index is 0.836. The van der Waals surface area contributed by atoms with Crippen molar-refractivity contribution in [3.05, 3.63) is 147 Å². The highest BCUT2D eigenvalue weighted by Gasteiger charge is 2.53. The van der Waals surface area contributed by atoms with Gasteiger partial charge in [0.05, 0.1) is 44.8 Å². The highest BCUT2D eigenvalue weighted by atomic mass is 32.1. The lowest BCUT2D eigenvalue weighted by Crippen LogP contribution is -2.60. The zero-order chi connectivity index (χ0) is 54.4. The number of aliphatic hydroxyl groups excluding tert-OH is 1. The zero-order valence-corrected chi connectivity index (χ0v) is 46.0. The Morgan fingerprint density at radius 1 is 0.714 bits per heavy atom. The third-order valence-corrected chi connectivity index (χ3v) is 17.5. The van der Waals surface area contributed by atoms with E-state index in [-0.39, 0.29) is 87.6 Å². The first-order valence-electron chi connectivity index (χ1n) is 26.2. The summed E-state index contributed by atoms with van der Waals surface area (Å²) >= 11 is 3.13. The minimum absolute atomic E-state index is 0.0332. The van der Waals surface area contributed by atoms with Crippen LogP contribution in [0.25, 0.3) is 20.9 Å². The number of fused-ring (bicyclic) bond motifs is 2. The average Bonchev–Trinajstić information content (AvgIpc) is 4.35. The van der Waals surface area contributed by atoms with Crippen LogP contribution in [0.1, 0.15) is 102 Å². The molecule has 2 aromatic heterocycles. The molecule has 6 aromatic rings. The Bertz CT molecular complexity index is 3250. The van der Waals surface area contributed by atoms with E-state index in [2.05, 4.69) is 20.6 Å². The van der Waals surface area contributed by atoms with Gasteiger partial charge < -0.3 is 40.1 Å². The fourth-order valence-electron chi connectivity index (χ4n) is 11.6. The number of aryl methyl sites for hydroxylation is 2. The SMILES string of the molecule is Cc1ncsc1-c1ccc(CNC(=O)[C@@H]2C[C@@H](Oc3ccc4c(c3)CN([C@H](C(=O)N3C[C@H](O)CC3(C)C(=O)NCc3ccc(-c5scnc5C)cc3)C(C)C)C4=O)CN2C(=O)[C@H](C(C)C)N2Cc3ccccc3C2=O)cc1. The molecule has 0 radical (unpaired) electrons. The Hall–Kier alpha value is -7.28. The maximum Gasteiger partial charge on any atom is 0.255 e. The van der Waals surface area contributed by atoms with Crippen LogP contribution in [0.2, 0.25) is 0 Å². The molecule has 1 unspecified atom stereocenters. The first-order valence-corrected chi connectivity index (χ1v) is 28.0. The van der Waals surface area contributed by atoms with Gasteiger partial charge in [0.2, 0.25) is 23.6 Å². The van der Waals surface area contributed by atoms with Crippen molar-refractivity contribution in [2.75, 3.05) is 13.1 Å². The molecule has 400 valence electrons. The van der Waals surface area contributed by atoms with Gasteiger partial charge in [0, 0.05) is 56.7 Å². The summed E-state index contributed by atoms with van der Waals surface area (Å²) in [6, 6.07) is 25.6. The third kappa shape index (κ3) is 10.4. The summed E-state index contributed by atoms with van der Waals surface area (Å²) in [6.45, 7) is 13.9. The molecule has 0 bridgehead atoms. The number of ether oxygens (including phenoxy) is 1. The Morgan fingerprint density at radius 2 is 1.26 bits per heavy atom. The largest absolute Gasteiger partial charge is 0.488 e. The number of aromatic nitrogens is 2. The molecule has 4 aromatic carbocycles. The molecule has 0 spiro atoms. The van der Waals surface area contributed by atoms with Crippen LogP contribution in [0, 0.1) is 25.7 Å². The van der Waals surface area contributed by atoms with Gasteiger partial charge in [0.15, 0.2) is 0 Å². The van der Waals surface area contributed by atoms with Crippen molar-refractivity contribution < 1.29 is 38.6 Å². The van der Waals surface area contributed by atoms with Crippen LogP contribution in [-0.4, -0.2) is 119 Å². The number of carbonyl (C=O) groups excluding carboxylic acids is 6. The lowest BCUT2D eigenvalue weighted by atomic mass is 9.94. The van der Waals surface area contributed by atoms with Gasteiger partial charge in [-0.1, -0.05) is 94.4 Å². The van der Waals surface area contributed by atoms with Crippen LogP contribution in [-0.2, 0) is 45.4 Å². The summed E-state index contributed by atoms with van der Waals surface area (Å²) < 4.78 is 6.64. The van der Waals surface area contributed by atoms with E-state index in [4.69, 9.17) is 4.74 Å². The number of nitrogens with zero attached hydrogens (tertiary/aromatic N) is 6. The smallest absolute Gasteiger partial charge is 0.255 e. The minimum atomic E-state index is -1.39. The number of aliphatic hydroxyl groups is 1. The molecule has 18 heteroatoms. The second-order valence-electron chi connectivity index (χ2n) is 21.6. The highest BCUT2D eigenvalue weighted by Crippen LogP contribution is 2.38. The van der Waals surface area contributed by atoms with E-state index in [9.17, 15) is 33.9 Å². The fraction of sp³-hybridized carbons (Fsp3) is 0.390. The number of carbonyl (C=O) groups is 6. The van der Waals surface area contributed by atoms with E-state index >= 15 is 0 Å². The molecule has 10 rings (SSSR count). The molecule has 4 aliphatic rings. The highest BCUT2D eigenvalue weighted by molar-refractivity contribution is 7.13. The number of rotatable bonds is 16. The first kappa shape index (κ1) is 53.1. The van der Waals surface area contributed by atoms with Crippen LogP contribution in [0.4, 0.5) is 0 Å². The number of nitrogens with one attached hydrogen (secondary N) is 2. The normalized spacial score (nSPS) is 20.7. The molecule has 0 saturated carbocycles. The second kappa shape index (κ2) is 21.6. The summed E-state index contributed by atoms with van der Waals surface area (Å²) in [6.07, 6.45) is -1.38. The van der Waals surface area contributed by atoms with E-state index in [1.807, 2.05) is 119 Å². The Labute approximate surface area is 456 Å². The van der Waals surface area contributed by atoms with Gasteiger partial charge in [-0.15, -0.1) is 22.7 Å². The number of likely N-dealkylation sites (tertiary alicyclic amines) is 2. The molecule has 6 amide bonds. The van der Waals surface area contributed by atoms with Crippen molar-refractivity contribution in [2.24, 2.45) is 11.8 Å². The van der Waals surface area contributed by atoms with E-state index in [1.165, 1.54) is 9.80 Å². The van der Waals surface area contributed by atoms with Crippen LogP contribution < -0.4 is 15.4 Å². The summed E-state index contributed by atoms with van der Waals surface area (Å²) in [7, 11) is 0. The van der Waals surface area contributed by atoms with E-state index < -0.39 is 47.7 Å². The van der Waals surface area contributed by atoms with Gasteiger partial charge in [-0.3, -0.25) is 28.8 Å². The molecule has 3 N–H and O–H groups in total. The predicted molar refractivity (Wildman–Crippen MR) is 293 cm³/mol. The van der Waals surface area contributed by atoms with Gasteiger partial charge in [-0.25, -0.2) is 9.97 Å². The maximum absolute atomic E-state index is 15.0. The van der Waals surface area contributed by atoms with Crippen molar-refractivity contribution in [1.82, 2.24) is 40.2 Å². The number of β-amino-alcohol motifs (C(OH)–C–C–N with tert-alkyl or cyclic N) is 1. The monoisotopic (exact) mass is 1080 g/mol. The van der Waals surface area contributed by atoms with Crippen molar-refractivity contribution in [1.29, 1.82) is 0 Å². The summed E-state index contributed by atoms with van der Waals surface area (Å²) in [4.78, 5) is 103.